The van der Waals surface area contributed by atoms with E-state index in [9.17, 15) is 14.7 Å². The summed E-state index contributed by atoms with van der Waals surface area (Å²) in [5.41, 5.74) is 0.880. The number of nitrogens with zero attached hydrogens (tertiary/aromatic N) is 2. The average Bonchev–Trinajstić information content (AvgIpc) is 3.62. The number of aliphatic hydroxyl groups is 1. The fourth-order valence-corrected chi connectivity index (χ4v) is 5.36. The molecule has 0 saturated carbocycles. The highest BCUT2D eigenvalue weighted by atomic mass is 32.1. The number of rotatable bonds is 5. The lowest BCUT2D eigenvalue weighted by molar-refractivity contribution is -0.132. The lowest BCUT2D eigenvalue weighted by atomic mass is 9.99. The summed E-state index contributed by atoms with van der Waals surface area (Å²) in [6.45, 7) is 3.21. The van der Waals surface area contributed by atoms with Crippen LogP contribution in [0, 0.1) is 0 Å². The van der Waals surface area contributed by atoms with Crippen LogP contribution in [0.4, 0.5) is 5.13 Å². The smallest absolute Gasteiger partial charge is 0.302 e. The van der Waals surface area contributed by atoms with Gasteiger partial charge >= 0.3 is 5.91 Å². The number of carbonyl (C=O) groups excluding carboxylic acids is 2. The summed E-state index contributed by atoms with van der Waals surface area (Å²) >= 11 is 1.25. The Hall–Kier alpha value is -4.31. The molecule has 2 aliphatic heterocycles. The zero-order valence-corrected chi connectivity index (χ0v) is 19.9. The lowest BCUT2D eigenvalue weighted by Crippen LogP contribution is -2.29. The Morgan fingerprint density at radius 3 is 2.75 bits per heavy atom. The zero-order chi connectivity index (χ0) is 24.8. The molecule has 0 spiro atoms. The van der Waals surface area contributed by atoms with Gasteiger partial charge in [0, 0.05) is 5.56 Å². The number of aromatic nitrogens is 1. The molecule has 1 fully saturated rings. The number of Topliss-reactive ketones (excluding diaryl/α,β-unsaturated/α-hetero) is 1. The van der Waals surface area contributed by atoms with E-state index in [2.05, 4.69) is 4.98 Å². The van der Waals surface area contributed by atoms with Crippen molar-refractivity contribution in [3.8, 4) is 17.2 Å². The number of amides is 1. The Morgan fingerprint density at radius 1 is 1.14 bits per heavy atom. The molecule has 1 amide bonds. The predicted octanol–water partition coefficient (Wildman–Crippen LogP) is 4.69. The van der Waals surface area contributed by atoms with Crippen molar-refractivity contribution in [3.05, 3.63) is 71.7 Å². The highest BCUT2D eigenvalue weighted by molar-refractivity contribution is 7.22. The van der Waals surface area contributed by atoms with Gasteiger partial charge in [0.15, 0.2) is 16.6 Å². The van der Waals surface area contributed by atoms with Crippen molar-refractivity contribution in [3.63, 3.8) is 0 Å². The van der Waals surface area contributed by atoms with E-state index >= 15 is 0 Å². The number of ether oxygens (including phenoxy) is 3. The second-order valence-electron chi connectivity index (χ2n) is 8.10. The molecule has 36 heavy (non-hydrogen) atoms. The van der Waals surface area contributed by atoms with E-state index in [1.54, 1.807) is 42.5 Å². The van der Waals surface area contributed by atoms with Gasteiger partial charge in [-0.15, -0.1) is 0 Å². The van der Waals surface area contributed by atoms with E-state index in [1.807, 2.05) is 13.0 Å². The van der Waals surface area contributed by atoms with Gasteiger partial charge < -0.3 is 23.7 Å². The van der Waals surface area contributed by atoms with Crippen molar-refractivity contribution in [2.75, 3.05) is 24.7 Å². The Kier molecular flexibility index (Phi) is 5.37. The van der Waals surface area contributed by atoms with Crippen LogP contribution in [-0.2, 0) is 9.59 Å². The van der Waals surface area contributed by atoms with Crippen LogP contribution in [0.1, 0.15) is 24.3 Å². The average molecular weight is 505 g/mol. The van der Waals surface area contributed by atoms with E-state index in [4.69, 9.17) is 18.6 Å². The van der Waals surface area contributed by atoms with Gasteiger partial charge in [0.25, 0.3) is 5.78 Å². The van der Waals surface area contributed by atoms with E-state index < -0.39 is 17.7 Å². The third-order valence-electron chi connectivity index (χ3n) is 5.94. The number of hydrogen-bond acceptors (Lipinski definition) is 9. The van der Waals surface area contributed by atoms with E-state index in [0.717, 1.165) is 4.70 Å². The number of ketones is 1. The SMILES string of the molecule is CCOc1ccc2nc(N3C(=O)C(=O)/C(=C(/O)c4ccc5c(c4)OCCO5)C3c3ccco3)sc2c1. The molecule has 182 valence electrons. The number of furan rings is 1. The van der Waals surface area contributed by atoms with Crippen molar-refractivity contribution in [1.29, 1.82) is 0 Å². The predicted molar refractivity (Wildman–Crippen MR) is 132 cm³/mol. The second kappa shape index (κ2) is 8.72. The quantitative estimate of drug-likeness (QED) is 0.237. The summed E-state index contributed by atoms with van der Waals surface area (Å²) in [5, 5.41) is 11.6. The largest absolute Gasteiger partial charge is 0.507 e. The van der Waals surface area contributed by atoms with Crippen molar-refractivity contribution >= 4 is 44.1 Å². The van der Waals surface area contributed by atoms with Crippen LogP contribution in [0.5, 0.6) is 17.2 Å². The Balaban J connectivity index is 1.48. The van der Waals surface area contributed by atoms with Gasteiger partial charge in [0.05, 0.1) is 28.7 Å². The molecule has 1 atom stereocenters. The van der Waals surface area contributed by atoms with Crippen molar-refractivity contribution in [2.45, 2.75) is 13.0 Å². The molecular weight excluding hydrogens is 484 g/mol. The molecule has 4 heterocycles. The van der Waals surface area contributed by atoms with Gasteiger partial charge in [0.2, 0.25) is 0 Å². The van der Waals surface area contributed by atoms with Crippen LogP contribution >= 0.6 is 11.3 Å². The first-order valence-electron chi connectivity index (χ1n) is 11.3. The minimum absolute atomic E-state index is 0.0964. The summed E-state index contributed by atoms with van der Waals surface area (Å²) < 4.78 is 23.1. The molecule has 2 aliphatic rings. The molecule has 2 aromatic carbocycles. The van der Waals surface area contributed by atoms with Crippen LogP contribution < -0.4 is 19.1 Å². The molecule has 10 heteroatoms. The summed E-state index contributed by atoms with van der Waals surface area (Å²) in [7, 11) is 0. The number of hydrogen-bond donors (Lipinski definition) is 1. The second-order valence-corrected chi connectivity index (χ2v) is 9.11. The van der Waals surface area contributed by atoms with Gasteiger partial charge in [-0.25, -0.2) is 4.98 Å². The Morgan fingerprint density at radius 2 is 1.97 bits per heavy atom. The molecular formula is C26H20N2O7S. The number of benzene rings is 2. The molecule has 1 saturated heterocycles. The first kappa shape index (κ1) is 22.2. The topological polar surface area (TPSA) is 111 Å². The fraction of sp³-hybridized carbons (Fsp3) is 0.192. The number of anilines is 1. The maximum atomic E-state index is 13.3. The third kappa shape index (κ3) is 3.57. The number of carbonyl (C=O) groups is 2. The maximum Gasteiger partial charge on any atom is 0.302 e. The molecule has 2 aromatic heterocycles. The Labute approximate surface area is 209 Å². The molecule has 0 bridgehead atoms. The maximum absolute atomic E-state index is 13.3. The molecule has 0 radical (unpaired) electrons. The molecule has 9 nitrogen and oxygen atoms in total. The van der Waals surface area contributed by atoms with Gasteiger partial charge in [-0.2, -0.15) is 0 Å². The van der Waals surface area contributed by atoms with Crippen LogP contribution in [-0.4, -0.2) is 41.6 Å². The zero-order valence-electron chi connectivity index (χ0n) is 19.1. The minimum atomic E-state index is -1.000. The van der Waals surface area contributed by atoms with E-state index in [0.29, 0.717) is 59.0 Å². The van der Waals surface area contributed by atoms with E-state index in [-0.39, 0.29) is 11.3 Å². The van der Waals surface area contributed by atoms with Crippen LogP contribution in [0.2, 0.25) is 0 Å². The molecule has 6 rings (SSSR count). The van der Waals surface area contributed by atoms with E-state index in [1.165, 1.54) is 22.5 Å². The van der Waals surface area contributed by atoms with Crippen molar-refractivity contribution in [1.82, 2.24) is 4.98 Å². The van der Waals surface area contributed by atoms with Crippen LogP contribution in [0.15, 0.2) is 64.8 Å². The summed E-state index contributed by atoms with van der Waals surface area (Å²) in [5.74, 6) is 0.0182. The molecule has 4 aromatic rings. The van der Waals surface area contributed by atoms with Gasteiger partial charge in [-0.05, 0) is 55.5 Å². The lowest BCUT2D eigenvalue weighted by Gasteiger charge is -2.21. The summed E-state index contributed by atoms with van der Waals surface area (Å²) in [6, 6.07) is 12.6. The van der Waals surface area contributed by atoms with Gasteiger partial charge in [-0.3, -0.25) is 14.5 Å². The first-order valence-corrected chi connectivity index (χ1v) is 12.1. The number of thiazole rings is 1. The number of aliphatic hydroxyl groups excluding tert-OH is 1. The molecule has 1 unspecified atom stereocenters. The highest BCUT2D eigenvalue weighted by Crippen LogP contribution is 2.45. The summed E-state index contributed by atoms with van der Waals surface area (Å²) in [6.07, 6.45) is 1.45. The monoisotopic (exact) mass is 504 g/mol. The van der Waals surface area contributed by atoms with Crippen molar-refractivity contribution in [2.24, 2.45) is 0 Å². The van der Waals surface area contributed by atoms with Crippen LogP contribution in [0.3, 0.4) is 0 Å². The minimum Gasteiger partial charge on any atom is -0.507 e. The van der Waals surface area contributed by atoms with Gasteiger partial charge in [-0.1, -0.05) is 11.3 Å². The Bertz CT molecular complexity index is 1520. The molecule has 1 N–H and O–H groups in total. The van der Waals surface area contributed by atoms with Gasteiger partial charge in [0.1, 0.15) is 36.5 Å². The standard InChI is InChI=1S/C26H20N2O7S/c1-2-32-15-6-7-16-20(13-15)36-26(27-16)28-22(18-4-3-9-33-18)21(24(30)25(28)31)23(29)14-5-8-17-19(12-14)35-11-10-34-17/h3-9,12-13,22,29H,2,10-11H2,1H3/b23-21+. The first-order chi connectivity index (χ1) is 17.5. The van der Waals surface area contributed by atoms with Crippen LogP contribution in [0.25, 0.3) is 16.0 Å². The highest BCUT2D eigenvalue weighted by Gasteiger charge is 2.49. The number of fused-ring (bicyclic) bond motifs is 2. The van der Waals surface area contributed by atoms with Crippen molar-refractivity contribution < 1.29 is 33.3 Å². The fourth-order valence-electron chi connectivity index (χ4n) is 4.34. The molecule has 0 aliphatic carbocycles. The normalized spacial score (nSPS) is 18.7. The third-order valence-corrected chi connectivity index (χ3v) is 6.96. The summed E-state index contributed by atoms with van der Waals surface area (Å²) in [4.78, 5) is 32.5.